The fourth-order valence-electron chi connectivity index (χ4n) is 2.96. The van der Waals surface area contributed by atoms with Crippen LogP contribution >= 0.6 is 15.9 Å². The molecule has 0 radical (unpaired) electrons. The van der Waals surface area contributed by atoms with Gasteiger partial charge in [-0.2, -0.15) is 0 Å². The predicted molar refractivity (Wildman–Crippen MR) is 71.2 cm³/mol. The van der Waals surface area contributed by atoms with Crippen molar-refractivity contribution in [3.8, 4) is 0 Å². The van der Waals surface area contributed by atoms with Crippen molar-refractivity contribution >= 4 is 15.9 Å². The zero-order valence-electron chi connectivity index (χ0n) is 10.4. The fraction of sp³-hybridized carbons (Fsp3) is 1.00. The third-order valence-electron chi connectivity index (χ3n) is 4.32. The standard InChI is InChI=1S/C13H24BrNO/c1-12-4-2-3-7-15(12)11-13(10-14)5-8-16-9-6-13/h12H,2-11H2,1H3. The fourth-order valence-corrected chi connectivity index (χ4v) is 3.70. The first-order valence-corrected chi connectivity index (χ1v) is 7.76. The summed E-state index contributed by atoms with van der Waals surface area (Å²) in [5.74, 6) is 0. The van der Waals surface area contributed by atoms with Gasteiger partial charge in [-0.3, -0.25) is 0 Å². The first-order valence-electron chi connectivity index (χ1n) is 6.64. The van der Waals surface area contributed by atoms with Crippen LogP contribution in [0.2, 0.25) is 0 Å². The third-order valence-corrected chi connectivity index (χ3v) is 5.51. The van der Waals surface area contributed by atoms with Crippen LogP contribution in [0.25, 0.3) is 0 Å². The maximum atomic E-state index is 5.50. The Hall–Kier alpha value is 0.400. The molecule has 0 bridgehead atoms. The Morgan fingerprint density at radius 2 is 2.06 bits per heavy atom. The number of nitrogens with zero attached hydrogens (tertiary/aromatic N) is 1. The van der Waals surface area contributed by atoms with Gasteiger partial charge in [0.2, 0.25) is 0 Å². The Morgan fingerprint density at radius 3 is 2.69 bits per heavy atom. The molecule has 0 saturated carbocycles. The van der Waals surface area contributed by atoms with E-state index >= 15 is 0 Å². The van der Waals surface area contributed by atoms with Crippen LogP contribution in [0.1, 0.15) is 39.0 Å². The summed E-state index contributed by atoms with van der Waals surface area (Å²) in [5.41, 5.74) is 0.476. The molecule has 2 aliphatic rings. The van der Waals surface area contributed by atoms with Crippen molar-refractivity contribution in [2.24, 2.45) is 5.41 Å². The van der Waals surface area contributed by atoms with Crippen molar-refractivity contribution in [2.45, 2.75) is 45.1 Å². The van der Waals surface area contributed by atoms with E-state index in [9.17, 15) is 0 Å². The monoisotopic (exact) mass is 289 g/mol. The van der Waals surface area contributed by atoms with Crippen molar-refractivity contribution < 1.29 is 4.74 Å². The topological polar surface area (TPSA) is 12.5 Å². The van der Waals surface area contributed by atoms with Gasteiger partial charge in [-0.25, -0.2) is 0 Å². The van der Waals surface area contributed by atoms with E-state index in [1.165, 1.54) is 45.2 Å². The molecule has 1 atom stereocenters. The quantitative estimate of drug-likeness (QED) is 0.741. The average molecular weight is 290 g/mol. The molecule has 2 heterocycles. The van der Waals surface area contributed by atoms with E-state index in [2.05, 4.69) is 27.8 Å². The number of likely N-dealkylation sites (tertiary alicyclic amines) is 1. The van der Waals surface area contributed by atoms with E-state index < -0.39 is 0 Å². The molecule has 1 unspecified atom stereocenters. The van der Waals surface area contributed by atoms with Crippen molar-refractivity contribution in [1.29, 1.82) is 0 Å². The smallest absolute Gasteiger partial charge is 0.0472 e. The van der Waals surface area contributed by atoms with Gasteiger partial charge in [0.1, 0.15) is 0 Å². The van der Waals surface area contributed by atoms with Gasteiger partial charge in [0.15, 0.2) is 0 Å². The number of piperidine rings is 1. The maximum absolute atomic E-state index is 5.50. The van der Waals surface area contributed by atoms with E-state index in [1.807, 2.05) is 0 Å². The van der Waals surface area contributed by atoms with Gasteiger partial charge in [-0.15, -0.1) is 0 Å². The van der Waals surface area contributed by atoms with Crippen LogP contribution in [0.15, 0.2) is 0 Å². The molecule has 0 aromatic rings. The Bertz CT molecular complexity index is 216. The highest BCUT2D eigenvalue weighted by atomic mass is 79.9. The molecule has 94 valence electrons. The van der Waals surface area contributed by atoms with Gasteiger partial charge in [0, 0.05) is 31.1 Å². The Labute approximate surface area is 108 Å². The number of rotatable bonds is 3. The molecule has 0 N–H and O–H groups in total. The van der Waals surface area contributed by atoms with Crippen LogP contribution in [-0.4, -0.2) is 42.6 Å². The highest BCUT2D eigenvalue weighted by Crippen LogP contribution is 2.35. The van der Waals surface area contributed by atoms with E-state index in [0.717, 1.165) is 24.6 Å². The number of halogens is 1. The van der Waals surface area contributed by atoms with Gasteiger partial charge >= 0.3 is 0 Å². The van der Waals surface area contributed by atoms with Gasteiger partial charge in [-0.1, -0.05) is 22.4 Å². The van der Waals surface area contributed by atoms with Crippen LogP contribution in [0, 0.1) is 5.41 Å². The van der Waals surface area contributed by atoms with Crippen LogP contribution in [0.5, 0.6) is 0 Å². The lowest BCUT2D eigenvalue weighted by Crippen LogP contribution is -2.47. The summed E-state index contributed by atoms with van der Waals surface area (Å²) in [5, 5.41) is 1.13. The highest BCUT2D eigenvalue weighted by Gasteiger charge is 2.35. The summed E-state index contributed by atoms with van der Waals surface area (Å²) in [6.45, 7) is 6.86. The summed E-state index contributed by atoms with van der Waals surface area (Å²) < 4.78 is 5.50. The summed E-state index contributed by atoms with van der Waals surface area (Å²) in [4.78, 5) is 2.70. The minimum absolute atomic E-state index is 0.476. The molecule has 0 spiro atoms. The lowest BCUT2D eigenvalue weighted by atomic mass is 9.81. The highest BCUT2D eigenvalue weighted by molar-refractivity contribution is 9.09. The third kappa shape index (κ3) is 2.99. The first kappa shape index (κ1) is 12.8. The number of hydrogen-bond donors (Lipinski definition) is 0. The first-order chi connectivity index (χ1) is 7.76. The second kappa shape index (κ2) is 5.83. The molecule has 2 nitrogen and oxygen atoms in total. The largest absolute Gasteiger partial charge is 0.381 e. The second-order valence-corrected chi connectivity index (χ2v) is 6.12. The van der Waals surface area contributed by atoms with E-state index in [-0.39, 0.29) is 0 Å². The molecule has 2 fully saturated rings. The van der Waals surface area contributed by atoms with Crippen LogP contribution in [-0.2, 0) is 4.74 Å². The summed E-state index contributed by atoms with van der Waals surface area (Å²) in [6, 6.07) is 0.785. The molecule has 2 rings (SSSR count). The normalized spacial score (nSPS) is 31.5. The number of ether oxygens (including phenoxy) is 1. The molecule has 0 amide bonds. The molecular formula is C13H24BrNO. The average Bonchev–Trinajstić information content (AvgIpc) is 2.33. The SMILES string of the molecule is CC1CCCCN1CC1(CBr)CCOCC1. The van der Waals surface area contributed by atoms with Crippen molar-refractivity contribution in [1.82, 2.24) is 4.90 Å². The van der Waals surface area contributed by atoms with Crippen molar-refractivity contribution in [3.63, 3.8) is 0 Å². The minimum Gasteiger partial charge on any atom is -0.381 e. The summed E-state index contributed by atoms with van der Waals surface area (Å²) in [6.07, 6.45) is 6.64. The molecule has 3 heteroatoms. The Kier molecular flexibility index (Phi) is 4.68. The number of hydrogen-bond acceptors (Lipinski definition) is 2. The van der Waals surface area contributed by atoms with Gasteiger partial charge in [0.25, 0.3) is 0 Å². The predicted octanol–water partition coefficient (Wildman–Crippen LogP) is 3.05. The van der Waals surface area contributed by atoms with E-state index in [0.29, 0.717) is 5.41 Å². The van der Waals surface area contributed by atoms with Gasteiger partial charge in [0.05, 0.1) is 0 Å². The molecule has 2 aliphatic heterocycles. The van der Waals surface area contributed by atoms with Crippen molar-refractivity contribution in [2.75, 3.05) is 31.6 Å². The summed E-state index contributed by atoms with van der Waals surface area (Å²) in [7, 11) is 0. The molecule has 0 aliphatic carbocycles. The van der Waals surface area contributed by atoms with Crippen LogP contribution in [0.3, 0.4) is 0 Å². The van der Waals surface area contributed by atoms with Crippen molar-refractivity contribution in [3.05, 3.63) is 0 Å². The van der Waals surface area contributed by atoms with Crippen LogP contribution in [0.4, 0.5) is 0 Å². The minimum atomic E-state index is 0.476. The van der Waals surface area contributed by atoms with Gasteiger partial charge < -0.3 is 9.64 Å². The summed E-state index contributed by atoms with van der Waals surface area (Å²) >= 11 is 3.73. The molecule has 0 aromatic heterocycles. The molecular weight excluding hydrogens is 266 g/mol. The molecule has 2 saturated heterocycles. The number of alkyl halides is 1. The van der Waals surface area contributed by atoms with Gasteiger partial charge in [-0.05, 0) is 44.6 Å². The lowest BCUT2D eigenvalue weighted by Gasteiger charge is -2.43. The van der Waals surface area contributed by atoms with E-state index in [1.54, 1.807) is 0 Å². The maximum Gasteiger partial charge on any atom is 0.0472 e. The van der Waals surface area contributed by atoms with Crippen LogP contribution < -0.4 is 0 Å². The van der Waals surface area contributed by atoms with E-state index in [4.69, 9.17) is 4.74 Å². The second-order valence-electron chi connectivity index (χ2n) is 5.56. The lowest BCUT2D eigenvalue weighted by molar-refractivity contribution is -0.00340. The Morgan fingerprint density at radius 1 is 1.31 bits per heavy atom. The Balaban J connectivity index is 1.93. The molecule has 0 aromatic carbocycles. The zero-order valence-corrected chi connectivity index (χ0v) is 12.0. The molecule has 16 heavy (non-hydrogen) atoms. The zero-order chi connectivity index (χ0) is 11.4.